The fourth-order valence-corrected chi connectivity index (χ4v) is 4.23. The molecular formula is C21H31N3O2. The van der Waals surface area contributed by atoms with Gasteiger partial charge >= 0.3 is 0 Å². The Hall–Kier alpha value is -1.88. The molecule has 5 heteroatoms. The second-order valence-electron chi connectivity index (χ2n) is 7.67. The summed E-state index contributed by atoms with van der Waals surface area (Å²) in [6.45, 7) is 5.27. The van der Waals surface area contributed by atoms with Crippen molar-refractivity contribution in [2.45, 2.75) is 39.0 Å². The summed E-state index contributed by atoms with van der Waals surface area (Å²) in [6, 6.07) is 8.21. The molecule has 1 aromatic carbocycles. The van der Waals surface area contributed by atoms with Gasteiger partial charge in [0.15, 0.2) is 0 Å². The Balaban J connectivity index is 1.62. The zero-order valence-corrected chi connectivity index (χ0v) is 16.0. The van der Waals surface area contributed by atoms with Crippen molar-refractivity contribution in [3.05, 3.63) is 29.8 Å². The van der Waals surface area contributed by atoms with Gasteiger partial charge in [-0.3, -0.25) is 9.59 Å². The molecule has 2 saturated heterocycles. The quantitative estimate of drug-likeness (QED) is 0.851. The Morgan fingerprint density at radius 1 is 1.23 bits per heavy atom. The van der Waals surface area contributed by atoms with Crippen molar-refractivity contribution in [3.63, 3.8) is 0 Å². The molecule has 2 fully saturated rings. The van der Waals surface area contributed by atoms with Crippen LogP contribution in [0.1, 0.15) is 38.2 Å². The fraction of sp³-hybridized carbons (Fsp3) is 0.619. The predicted octanol–water partition coefficient (Wildman–Crippen LogP) is 2.45. The molecule has 2 aliphatic rings. The van der Waals surface area contributed by atoms with Crippen LogP contribution in [-0.2, 0) is 16.0 Å². The highest BCUT2D eigenvalue weighted by atomic mass is 16.2. The largest absolute Gasteiger partial charge is 0.342 e. The molecule has 0 radical (unpaired) electrons. The highest BCUT2D eigenvalue weighted by Crippen LogP contribution is 2.28. The Kier molecular flexibility index (Phi) is 6.30. The van der Waals surface area contributed by atoms with Gasteiger partial charge in [0.1, 0.15) is 0 Å². The maximum Gasteiger partial charge on any atom is 0.228 e. The van der Waals surface area contributed by atoms with Crippen LogP contribution in [0.15, 0.2) is 24.3 Å². The van der Waals surface area contributed by atoms with Crippen LogP contribution < -0.4 is 10.2 Å². The topological polar surface area (TPSA) is 52.7 Å². The maximum absolute atomic E-state index is 12.9. The number of aryl methyl sites for hydroxylation is 1. The second-order valence-corrected chi connectivity index (χ2v) is 7.67. The lowest BCUT2D eigenvalue weighted by molar-refractivity contribution is -0.137. The van der Waals surface area contributed by atoms with Gasteiger partial charge in [-0.05, 0) is 56.5 Å². The summed E-state index contributed by atoms with van der Waals surface area (Å²) in [5.41, 5.74) is 2.20. The van der Waals surface area contributed by atoms with Crippen LogP contribution in [0.3, 0.4) is 0 Å². The fourth-order valence-electron chi connectivity index (χ4n) is 4.23. The van der Waals surface area contributed by atoms with Gasteiger partial charge in [0.25, 0.3) is 0 Å². The number of anilines is 1. The van der Waals surface area contributed by atoms with E-state index in [4.69, 9.17) is 0 Å². The minimum Gasteiger partial charge on any atom is -0.342 e. The molecule has 5 nitrogen and oxygen atoms in total. The molecule has 1 N–H and O–H groups in total. The number of carbonyl (C=O) groups is 2. The average molecular weight is 357 g/mol. The SMILES string of the molecule is CCCc1ccc(N2CC(C(=O)N3CCCC(CNC)C3)CC2=O)cc1. The standard InChI is InChI=1S/C21H31N3O2/c1-3-5-16-7-9-19(10-8-16)24-15-18(12-20(24)25)21(26)23-11-4-6-17(14-23)13-22-2/h7-10,17-18,22H,3-6,11-15H2,1-2H3. The van der Waals surface area contributed by atoms with E-state index in [1.165, 1.54) is 12.0 Å². The third-order valence-corrected chi connectivity index (χ3v) is 5.58. The summed E-state index contributed by atoms with van der Waals surface area (Å²) < 4.78 is 0. The summed E-state index contributed by atoms with van der Waals surface area (Å²) in [5.74, 6) is 0.544. The van der Waals surface area contributed by atoms with Gasteiger partial charge in [0.05, 0.1) is 5.92 Å². The molecule has 2 unspecified atom stereocenters. The molecule has 2 amide bonds. The molecule has 0 aliphatic carbocycles. The van der Waals surface area contributed by atoms with Crippen LogP contribution in [0.4, 0.5) is 5.69 Å². The molecule has 0 saturated carbocycles. The van der Waals surface area contributed by atoms with E-state index in [0.29, 0.717) is 18.9 Å². The third kappa shape index (κ3) is 4.26. The number of nitrogens with one attached hydrogen (secondary N) is 1. The normalized spacial score (nSPS) is 23.5. The van der Waals surface area contributed by atoms with Gasteiger partial charge < -0.3 is 15.1 Å². The Morgan fingerprint density at radius 2 is 2.00 bits per heavy atom. The molecule has 0 aromatic heterocycles. The Morgan fingerprint density at radius 3 is 2.69 bits per heavy atom. The van der Waals surface area contributed by atoms with E-state index in [-0.39, 0.29) is 17.7 Å². The van der Waals surface area contributed by atoms with E-state index in [1.54, 1.807) is 4.90 Å². The average Bonchev–Trinajstić information content (AvgIpc) is 3.04. The summed E-state index contributed by atoms with van der Waals surface area (Å²) >= 11 is 0. The van der Waals surface area contributed by atoms with E-state index < -0.39 is 0 Å². The van der Waals surface area contributed by atoms with E-state index >= 15 is 0 Å². The van der Waals surface area contributed by atoms with E-state index in [0.717, 1.165) is 44.6 Å². The summed E-state index contributed by atoms with van der Waals surface area (Å²) in [7, 11) is 1.96. The highest BCUT2D eigenvalue weighted by Gasteiger charge is 2.38. The molecular weight excluding hydrogens is 326 g/mol. The summed E-state index contributed by atoms with van der Waals surface area (Å²) in [4.78, 5) is 29.2. The maximum atomic E-state index is 12.9. The number of benzene rings is 1. The molecule has 26 heavy (non-hydrogen) atoms. The Labute approximate surface area is 156 Å². The first-order valence-corrected chi connectivity index (χ1v) is 9.95. The summed E-state index contributed by atoms with van der Waals surface area (Å²) in [6.07, 6.45) is 4.73. The van der Waals surface area contributed by atoms with E-state index in [9.17, 15) is 9.59 Å². The zero-order valence-electron chi connectivity index (χ0n) is 16.0. The van der Waals surface area contributed by atoms with Crippen LogP contribution in [0.2, 0.25) is 0 Å². The van der Waals surface area contributed by atoms with Gasteiger partial charge in [0, 0.05) is 31.7 Å². The highest BCUT2D eigenvalue weighted by molar-refractivity contribution is 6.00. The van der Waals surface area contributed by atoms with Crippen LogP contribution in [0, 0.1) is 11.8 Å². The van der Waals surface area contributed by atoms with Crippen molar-refractivity contribution < 1.29 is 9.59 Å². The number of hydrogen-bond donors (Lipinski definition) is 1. The van der Waals surface area contributed by atoms with Gasteiger partial charge in [0.2, 0.25) is 11.8 Å². The minimum absolute atomic E-state index is 0.0652. The zero-order chi connectivity index (χ0) is 18.5. The number of rotatable bonds is 6. The molecule has 3 rings (SSSR count). The number of hydrogen-bond acceptors (Lipinski definition) is 3. The van der Waals surface area contributed by atoms with Crippen LogP contribution >= 0.6 is 0 Å². The lowest BCUT2D eigenvalue weighted by atomic mass is 9.96. The van der Waals surface area contributed by atoms with Crippen LogP contribution in [-0.4, -0.2) is 49.9 Å². The molecule has 2 aliphatic heterocycles. The number of nitrogens with zero attached hydrogens (tertiary/aromatic N) is 2. The van der Waals surface area contributed by atoms with Crippen molar-refractivity contribution in [1.82, 2.24) is 10.2 Å². The number of amides is 2. The lowest BCUT2D eigenvalue weighted by Crippen LogP contribution is -2.45. The first-order chi connectivity index (χ1) is 12.6. The predicted molar refractivity (Wildman–Crippen MR) is 104 cm³/mol. The van der Waals surface area contributed by atoms with Gasteiger partial charge in [-0.25, -0.2) is 0 Å². The van der Waals surface area contributed by atoms with Gasteiger partial charge in [-0.2, -0.15) is 0 Å². The van der Waals surface area contributed by atoms with Crippen molar-refractivity contribution >= 4 is 17.5 Å². The van der Waals surface area contributed by atoms with Crippen molar-refractivity contribution in [2.75, 3.05) is 38.1 Å². The first-order valence-electron chi connectivity index (χ1n) is 9.95. The molecule has 0 spiro atoms. The second kappa shape index (κ2) is 8.67. The number of piperidine rings is 1. The van der Waals surface area contributed by atoms with Crippen molar-refractivity contribution in [1.29, 1.82) is 0 Å². The van der Waals surface area contributed by atoms with Crippen molar-refractivity contribution in [3.8, 4) is 0 Å². The third-order valence-electron chi connectivity index (χ3n) is 5.58. The lowest BCUT2D eigenvalue weighted by Gasteiger charge is -2.34. The number of likely N-dealkylation sites (tertiary alicyclic amines) is 1. The molecule has 2 atom stereocenters. The molecule has 0 bridgehead atoms. The number of carbonyl (C=O) groups excluding carboxylic acids is 2. The molecule has 1 aromatic rings. The molecule has 2 heterocycles. The van der Waals surface area contributed by atoms with Gasteiger partial charge in [-0.15, -0.1) is 0 Å². The van der Waals surface area contributed by atoms with Crippen LogP contribution in [0.25, 0.3) is 0 Å². The van der Waals surface area contributed by atoms with Crippen molar-refractivity contribution in [2.24, 2.45) is 11.8 Å². The molecule has 142 valence electrons. The van der Waals surface area contributed by atoms with E-state index in [1.807, 2.05) is 24.1 Å². The smallest absolute Gasteiger partial charge is 0.228 e. The minimum atomic E-state index is -0.203. The van der Waals surface area contributed by atoms with Crippen LogP contribution in [0.5, 0.6) is 0 Å². The Bertz CT molecular complexity index is 627. The summed E-state index contributed by atoms with van der Waals surface area (Å²) in [5, 5.41) is 3.22. The monoisotopic (exact) mass is 357 g/mol. The van der Waals surface area contributed by atoms with E-state index in [2.05, 4.69) is 24.4 Å². The first kappa shape index (κ1) is 18.9. The van der Waals surface area contributed by atoms with Gasteiger partial charge in [-0.1, -0.05) is 25.5 Å².